The van der Waals surface area contributed by atoms with Crippen LogP contribution in [-0.4, -0.2) is 48.0 Å². The Labute approximate surface area is 178 Å². The fraction of sp³-hybridized carbons (Fsp3) is 0.318. The number of methoxy groups -OCH3 is 1. The number of hydrogen-bond acceptors (Lipinski definition) is 7. The highest BCUT2D eigenvalue weighted by Crippen LogP contribution is 2.35. The van der Waals surface area contributed by atoms with E-state index in [4.69, 9.17) is 14.2 Å². The number of fused-ring (bicyclic) bond motifs is 1. The van der Waals surface area contributed by atoms with E-state index in [-0.39, 0.29) is 18.6 Å². The summed E-state index contributed by atoms with van der Waals surface area (Å²) < 4.78 is 16.0. The second-order valence-electron chi connectivity index (χ2n) is 7.33. The zero-order valence-electron chi connectivity index (χ0n) is 16.5. The van der Waals surface area contributed by atoms with Crippen LogP contribution in [0.15, 0.2) is 42.5 Å². The van der Waals surface area contributed by atoms with Crippen molar-refractivity contribution in [1.82, 2.24) is 15.1 Å². The number of carbonyl (C=O) groups excluding carboxylic acids is 1. The Morgan fingerprint density at radius 1 is 1.13 bits per heavy atom. The van der Waals surface area contributed by atoms with Crippen LogP contribution >= 0.6 is 11.3 Å². The molecule has 0 bridgehead atoms. The maximum Gasteiger partial charge on any atom is 0.254 e. The van der Waals surface area contributed by atoms with Crippen LogP contribution in [0, 0.1) is 0 Å². The van der Waals surface area contributed by atoms with Crippen LogP contribution in [0.3, 0.4) is 0 Å². The van der Waals surface area contributed by atoms with Crippen molar-refractivity contribution in [3.05, 3.63) is 53.0 Å². The number of benzene rings is 2. The lowest BCUT2D eigenvalue weighted by Gasteiger charge is -2.31. The molecule has 30 heavy (non-hydrogen) atoms. The Morgan fingerprint density at radius 2 is 1.97 bits per heavy atom. The number of hydrogen-bond donors (Lipinski definition) is 0. The SMILES string of the molecule is COc1ccc(-c2nnc(C3CCCN(C(=O)c4ccc5c(c4)OCO5)C3)s2)cc1. The van der Waals surface area contributed by atoms with Crippen molar-refractivity contribution >= 4 is 17.2 Å². The minimum Gasteiger partial charge on any atom is -0.497 e. The predicted molar refractivity (Wildman–Crippen MR) is 112 cm³/mol. The van der Waals surface area contributed by atoms with Gasteiger partial charge in [0.2, 0.25) is 6.79 Å². The van der Waals surface area contributed by atoms with Gasteiger partial charge in [-0.2, -0.15) is 0 Å². The molecule has 3 aromatic rings. The molecular formula is C22H21N3O4S. The first-order valence-electron chi connectivity index (χ1n) is 9.88. The average Bonchev–Trinajstić information content (AvgIpc) is 3.48. The van der Waals surface area contributed by atoms with Crippen LogP contribution in [0.4, 0.5) is 0 Å². The van der Waals surface area contributed by atoms with Gasteiger partial charge in [0.25, 0.3) is 5.91 Å². The number of amides is 1. The average molecular weight is 423 g/mol. The molecule has 0 aliphatic carbocycles. The zero-order valence-corrected chi connectivity index (χ0v) is 17.4. The van der Waals surface area contributed by atoms with Gasteiger partial charge < -0.3 is 19.1 Å². The standard InChI is InChI=1S/C22H21N3O4S/c1-27-17-7-4-14(5-8-17)20-23-24-21(30-20)16-3-2-10-25(12-16)22(26)15-6-9-18-19(11-15)29-13-28-18/h4-9,11,16H,2-3,10,12-13H2,1H3. The molecule has 2 aliphatic heterocycles. The van der Waals surface area contributed by atoms with Gasteiger partial charge >= 0.3 is 0 Å². The third kappa shape index (κ3) is 3.59. The van der Waals surface area contributed by atoms with E-state index < -0.39 is 0 Å². The molecular weight excluding hydrogens is 402 g/mol. The molecule has 2 aliphatic rings. The van der Waals surface area contributed by atoms with Crippen molar-refractivity contribution in [3.8, 4) is 27.8 Å². The molecule has 1 unspecified atom stereocenters. The molecule has 1 fully saturated rings. The molecule has 1 saturated heterocycles. The maximum absolute atomic E-state index is 13.0. The molecule has 1 aromatic heterocycles. The molecule has 0 spiro atoms. The topological polar surface area (TPSA) is 73.8 Å². The highest BCUT2D eigenvalue weighted by Gasteiger charge is 2.29. The van der Waals surface area contributed by atoms with Gasteiger partial charge in [0, 0.05) is 30.1 Å². The van der Waals surface area contributed by atoms with E-state index in [0.29, 0.717) is 23.6 Å². The summed E-state index contributed by atoms with van der Waals surface area (Å²) in [6.07, 6.45) is 1.95. The Morgan fingerprint density at radius 3 is 2.80 bits per heavy atom. The third-order valence-electron chi connectivity index (χ3n) is 5.45. The number of likely N-dealkylation sites (tertiary alicyclic amines) is 1. The van der Waals surface area contributed by atoms with Crippen LogP contribution in [0.5, 0.6) is 17.2 Å². The Hall–Kier alpha value is -3.13. The smallest absolute Gasteiger partial charge is 0.254 e. The lowest BCUT2D eigenvalue weighted by molar-refractivity contribution is 0.0706. The quantitative estimate of drug-likeness (QED) is 0.632. The molecule has 1 amide bonds. The fourth-order valence-corrected chi connectivity index (χ4v) is 4.80. The second-order valence-corrected chi connectivity index (χ2v) is 8.34. The molecule has 2 aromatic carbocycles. The van der Waals surface area contributed by atoms with Crippen LogP contribution in [0.25, 0.3) is 10.6 Å². The Kier molecular flexibility index (Phi) is 5.00. The van der Waals surface area contributed by atoms with E-state index in [1.807, 2.05) is 29.2 Å². The number of nitrogens with zero attached hydrogens (tertiary/aromatic N) is 3. The number of carbonyl (C=O) groups is 1. The van der Waals surface area contributed by atoms with Crippen LogP contribution in [0.1, 0.15) is 34.1 Å². The third-order valence-corrected chi connectivity index (χ3v) is 6.59. The van der Waals surface area contributed by atoms with Gasteiger partial charge in [0.15, 0.2) is 11.5 Å². The number of piperidine rings is 1. The van der Waals surface area contributed by atoms with Crippen molar-refractivity contribution in [1.29, 1.82) is 0 Å². The van der Waals surface area contributed by atoms with Gasteiger partial charge in [-0.25, -0.2) is 0 Å². The lowest BCUT2D eigenvalue weighted by Crippen LogP contribution is -2.39. The molecule has 8 heteroatoms. The monoisotopic (exact) mass is 423 g/mol. The maximum atomic E-state index is 13.0. The van der Waals surface area contributed by atoms with E-state index in [0.717, 1.165) is 40.7 Å². The van der Waals surface area contributed by atoms with Gasteiger partial charge in [-0.05, 0) is 55.3 Å². The molecule has 5 rings (SSSR count). The van der Waals surface area contributed by atoms with Gasteiger partial charge in [0.05, 0.1) is 7.11 Å². The zero-order chi connectivity index (χ0) is 20.5. The van der Waals surface area contributed by atoms with E-state index in [9.17, 15) is 4.79 Å². The Bertz CT molecular complexity index is 1070. The summed E-state index contributed by atoms with van der Waals surface area (Å²) in [6.45, 7) is 1.59. The van der Waals surface area contributed by atoms with E-state index >= 15 is 0 Å². The number of ether oxygens (including phenoxy) is 3. The van der Waals surface area contributed by atoms with Gasteiger partial charge in [-0.3, -0.25) is 4.79 Å². The minimum absolute atomic E-state index is 0.0119. The summed E-state index contributed by atoms with van der Waals surface area (Å²) in [4.78, 5) is 15.0. The largest absolute Gasteiger partial charge is 0.497 e. The second kappa shape index (κ2) is 7.95. The fourth-order valence-electron chi connectivity index (χ4n) is 3.83. The summed E-state index contributed by atoms with van der Waals surface area (Å²) in [5.74, 6) is 2.33. The van der Waals surface area contributed by atoms with Gasteiger partial charge in [0.1, 0.15) is 15.8 Å². The summed E-state index contributed by atoms with van der Waals surface area (Å²) in [5.41, 5.74) is 1.64. The summed E-state index contributed by atoms with van der Waals surface area (Å²) in [6, 6.07) is 13.2. The van der Waals surface area contributed by atoms with Gasteiger partial charge in [-0.15, -0.1) is 10.2 Å². The van der Waals surface area contributed by atoms with E-state index in [2.05, 4.69) is 10.2 Å². The van der Waals surface area contributed by atoms with E-state index in [1.54, 1.807) is 36.6 Å². The van der Waals surface area contributed by atoms with Crippen LogP contribution in [-0.2, 0) is 0 Å². The highest BCUT2D eigenvalue weighted by atomic mass is 32.1. The number of aromatic nitrogens is 2. The molecule has 7 nitrogen and oxygen atoms in total. The molecule has 1 atom stereocenters. The normalized spacial score (nSPS) is 17.8. The summed E-state index contributed by atoms with van der Waals surface area (Å²) >= 11 is 1.59. The molecule has 3 heterocycles. The first-order chi connectivity index (χ1) is 14.7. The van der Waals surface area contributed by atoms with Crippen molar-refractivity contribution in [3.63, 3.8) is 0 Å². The van der Waals surface area contributed by atoms with Crippen LogP contribution in [0.2, 0.25) is 0 Å². The molecule has 0 saturated carbocycles. The molecule has 0 N–H and O–H groups in total. The van der Waals surface area contributed by atoms with Crippen molar-refractivity contribution in [2.45, 2.75) is 18.8 Å². The van der Waals surface area contributed by atoms with Gasteiger partial charge in [-0.1, -0.05) is 11.3 Å². The van der Waals surface area contributed by atoms with Crippen molar-refractivity contribution < 1.29 is 19.0 Å². The highest BCUT2D eigenvalue weighted by molar-refractivity contribution is 7.14. The first-order valence-corrected chi connectivity index (χ1v) is 10.7. The molecule has 0 radical (unpaired) electrons. The van der Waals surface area contributed by atoms with Crippen LogP contribution < -0.4 is 14.2 Å². The summed E-state index contributed by atoms with van der Waals surface area (Å²) in [7, 11) is 1.65. The molecule has 154 valence electrons. The minimum atomic E-state index is 0.0119. The lowest BCUT2D eigenvalue weighted by atomic mass is 9.98. The van der Waals surface area contributed by atoms with E-state index in [1.165, 1.54) is 0 Å². The van der Waals surface area contributed by atoms with Crippen molar-refractivity contribution in [2.75, 3.05) is 27.0 Å². The predicted octanol–water partition coefficient (Wildman–Crippen LogP) is 3.96. The Balaban J connectivity index is 1.30. The first kappa shape index (κ1) is 18.9. The summed E-state index contributed by atoms with van der Waals surface area (Å²) in [5, 5.41) is 10.7. The number of rotatable bonds is 4. The van der Waals surface area contributed by atoms with Crippen molar-refractivity contribution in [2.24, 2.45) is 0 Å².